The fourth-order valence-corrected chi connectivity index (χ4v) is 2.33. The Morgan fingerprint density at radius 3 is 1.00 bits per heavy atom. The zero-order valence-electron chi connectivity index (χ0n) is 13.2. The Labute approximate surface area is 112 Å². The Kier molecular flexibility index (Phi) is 7.34. The lowest BCUT2D eigenvalue weighted by molar-refractivity contribution is -0.0482. The molecule has 0 saturated heterocycles. The predicted molar refractivity (Wildman–Crippen MR) is 74.5 cm³/mol. The fraction of sp³-hybridized carbons (Fsp3) is 0.933. The van der Waals surface area contributed by atoms with Crippen molar-refractivity contribution >= 4 is 6.16 Å². The molecular formula is C15H30O3. The molecule has 0 atom stereocenters. The molecule has 0 radical (unpaired) electrons. The van der Waals surface area contributed by atoms with Gasteiger partial charge in [0.05, 0.1) is 0 Å². The highest BCUT2D eigenvalue weighted by Crippen LogP contribution is 2.20. The zero-order chi connectivity index (χ0) is 14.5. The minimum Gasteiger partial charge on any atom is -0.430 e. The summed E-state index contributed by atoms with van der Waals surface area (Å²) in [6.07, 6.45) is -0.704. The number of hydrogen-bond donors (Lipinski definition) is 0. The summed E-state index contributed by atoms with van der Waals surface area (Å²) in [5.41, 5.74) is 0. The van der Waals surface area contributed by atoms with E-state index in [4.69, 9.17) is 9.47 Å². The van der Waals surface area contributed by atoms with Crippen LogP contribution in [0.1, 0.15) is 55.4 Å². The fourth-order valence-electron chi connectivity index (χ4n) is 2.33. The van der Waals surface area contributed by atoms with E-state index in [1.54, 1.807) is 0 Å². The van der Waals surface area contributed by atoms with E-state index in [9.17, 15) is 4.79 Å². The van der Waals surface area contributed by atoms with E-state index in [0.29, 0.717) is 23.7 Å². The predicted octanol–water partition coefficient (Wildman–Crippen LogP) is 4.50. The van der Waals surface area contributed by atoms with Gasteiger partial charge in [0, 0.05) is 0 Å². The topological polar surface area (TPSA) is 35.5 Å². The maximum atomic E-state index is 11.8. The molecule has 3 heteroatoms. The van der Waals surface area contributed by atoms with Crippen LogP contribution >= 0.6 is 0 Å². The van der Waals surface area contributed by atoms with Crippen molar-refractivity contribution in [2.75, 3.05) is 0 Å². The molecule has 0 aromatic rings. The second kappa shape index (κ2) is 7.65. The molecule has 0 amide bonds. The van der Waals surface area contributed by atoms with Gasteiger partial charge in [0.2, 0.25) is 0 Å². The molecule has 0 saturated carbocycles. The minimum atomic E-state index is -0.533. The number of rotatable bonds is 6. The third-order valence-corrected chi connectivity index (χ3v) is 3.09. The molecule has 0 heterocycles. The molecule has 0 aliphatic heterocycles. The third kappa shape index (κ3) is 5.74. The van der Waals surface area contributed by atoms with Crippen LogP contribution in [0.15, 0.2) is 0 Å². The van der Waals surface area contributed by atoms with Gasteiger partial charge in [0.15, 0.2) is 0 Å². The molecule has 0 bridgehead atoms. The maximum absolute atomic E-state index is 11.8. The Hall–Kier alpha value is -0.730. The Morgan fingerprint density at radius 1 is 0.611 bits per heavy atom. The van der Waals surface area contributed by atoms with Gasteiger partial charge in [-0.1, -0.05) is 55.4 Å². The van der Waals surface area contributed by atoms with Gasteiger partial charge in [-0.25, -0.2) is 4.79 Å². The van der Waals surface area contributed by atoms with Crippen molar-refractivity contribution in [2.24, 2.45) is 23.7 Å². The van der Waals surface area contributed by atoms with Crippen LogP contribution in [0, 0.1) is 23.7 Å². The van der Waals surface area contributed by atoms with E-state index >= 15 is 0 Å². The molecular weight excluding hydrogens is 228 g/mol. The standard InChI is InChI=1S/C15H30O3/c1-9(2)13(10(3)4)17-15(16)18-14(11(5)6)12(7)8/h9-14H,1-8H3. The summed E-state index contributed by atoms with van der Waals surface area (Å²) in [6.45, 7) is 16.4. The summed E-state index contributed by atoms with van der Waals surface area (Å²) in [5, 5.41) is 0. The summed E-state index contributed by atoms with van der Waals surface area (Å²) in [5.74, 6) is 1.20. The molecule has 0 N–H and O–H groups in total. The molecule has 0 rings (SSSR count). The average Bonchev–Trinajstić information content (AvgIpc) is 2.20. The first-order valence-electron chi connectivity index (χ1n) is 7.04. The lowest BCUT2D eigenvalue weighted by Crippen LogP contribution is -2.34. The minimum absolute atomic E-state index is 0.0857. The molecule has 0 aliphatic rings. The van der Waals surface area contributed by atoms with Crippen LogP contribution in [0.4, 0.5) is 4.79 Å². The second-order valence-corrected chi connectivity index (χ2v) is 6.39. The van der Waals surface area contributed by atoms with Crippen molar-refractivity contribution < 1.29 is 14.3 Å². The van der Waals surface area contributed by atoms with Gasteiger partial charge in [0.1, 0.15) is 12.2 Å². The summed E-state index contributed by atoms with van der Waals surface area (Å²) >= 11 is 0. The lowest BCUT2D eigenvalue weighted by atomic mass is 9.96. The Bertz CT molecular complexity index is 204. The quantitative estimate of drug-likeness (QED) is 0.658. The number of hydrogen-bond acceptors (Lipinski definition) is 3. The molecule has 0 fully saturated rings. The lowest BCUT2D eigenvalue weighted by Gasteiger charge is -2.28. The summed E-state index contributed by atoms with van der Waals surface area (Å²) in [4.78, 5) is 11.8. The van der Waals surface area contributed by atoms with Gasteiger partial charge in [-0.15, -0.1) is 0 Å². The summed E-state index contributed by atoms with van der Waals surface area (Å²) in [7, 11) is 0. The van der Waals surface area contributed by atoms with Gasteiger partial charge >= 0.3 is 6.16 Å². The Morgan fingerprint density at radius 2 is 0.833 bits per heavy atom. The molecule has 0 unspecified atom stereocenters. The molecule has 18 heavy (non-hydrogen) atoms. The van der Waals surface area contributed by atoms with E-state index in [0.717, 1.165) is 0 Å². The number of ether oxygens (including phenoxy) is 2. The van der Waals surface area contributed by atoms with Crippen LogP contribution in [-0.4, -0.2) is 18.4 Å². The first kappa shape index (κ1) is 17.3. The normalized spacial score (nSPS) is 12.3. The highest BCUT2D eigenvalue weighted by molar-refractivity contribution is 5.60. The number of carbonyl (C=O) groups excluding carboxylic acids is 1. The van der Waals surface area contributed by atoms with Crippen LogP contribution in [0.2, 0.25) is 0 Å². The zero-order valence-corrected chi connectivity index (χ0v) is 13.2. The first-order chi connectivity index (χ1) is 8.16. The molecule has 0 aromatic heterocycles. The third-order valence-electron chi connectivity index (χ3n) is 3.09. The van der Waals surface area contributed by atoms with Gasteiger partial charge in [0.25, 0.3) is 0 Å². The monoisotopic (exact) mass is 258 g/mol. The van der Waals surface area contributed by atoms with E-state index in [2.05, 4.69) is 55.4 Å². The van der Waals surface area contributed by atoms with Crippen molar-refractivity contribution in [3.8, 4) is 0 Å². The average molecular weight is 258 g/mol. The number of carbonyl (C=O) groups is 1. The van der Waals surface area contributed by atoms with Crippen LogP contribution in [-0.2, 0) is 9.47 Å². The smallest absolute Gasteiger partial charge is 0.430 e. The molecule has 0 aromatic carbocycles. The molecule has 108 valence electrons. The van der Waals surface area contributed by atoms with Gasteiger partial charge < -0.3 is 9.47 Å². The SMILES string of the molecule is CC(C)C(OC(=O)OC(C(C)C)C(C)C)C(C)C. The van der Waals surface area contributed by atoms with E-state index in [1.807, 2.05) is 0 Å². The van der Waals surface area contributed by atoms with Crippen molar-refractivity contribution in [3.63, 3.8) is 0 Å². The van der Waals surface area contributed by atoms with Crippen LogP contribution in [0.3, 0.4) is 0 Å². The summed E-state index contributed by atoms with van der Waals surface area (Å²) < 4.78 is 10.9. The second-order valence-electron chi connectivity index (χ2n) is 6.39. The van der Waals surface area contributed by atoms with Crippen LogP contribution < -0.4 is 0 Å². The first-order valence-corrected chi connectivity index (χ1v) is 7.04. The molecule has 0 spiro atoms. The van der Waals surface area contributed by atoms with Crippen molar-refractivity contribution in [1.82, 2.24) is 0 Å². The molecule has 0 aliphatic carbocycles. The van der Waals surface area contributed by atoms with E-state index in [1.165, 1.54) is 0 Å². The van der Waals surface area contributed by atoms with Crippen molar-refractivity contribution in [1.29, 1.82) is 0 Å². The van der Waals surface area contributed by atoms with Gasteiger partial charge in [-0.05, 0) is 23.7 Å². The van der Waals surface area contributed by atoms with Crippen molar-refractivity contribution in [3.05, 3.63) is 0 Å². The van der Waals surface area contributed by atoms with E-state index < -0.39 is 6.16 Å². The largest absolute Gasteiger partial charge is 0.508 e. The highest BCUT2D eigenvalue weighted by atomic mass is 16.7. The van der Waals surface area contributed by atoms with Crippen LogP contribution in [0.25, 0.3) is 0 Å². The van der Waals surface area contributed by atoms with Crippen molar-refractivity contribution in [2.45, 2.75) is 67.6 Å². The van der Waals surface area contributed by atoms with Gasteiger partial charge in [-0.2, -0.15) is 0 Å². The van der Waals surface area contributed by atoms with Gasteiger partial charge in [-0.3, -0.25) is 0 Å². The Balaban J connectivity index is 4.48. The summed E-state index contributed by atoms with van der Waals surface area (Å²) in [6, 6.07) is 0. The van der Waals surface area contributed by atoms with E-state index in [-0.39, 0.29) is 12.2 Å². The maximum Gasteiger partial charge on any atom is 0.508 e. The molecule has 3 nitrogen and oxygen atoms in total. The highest BCUT2D eigenvalue weighted by Gasteiger charge is 2.27. The van der Waals surface area contributed by atoms with Crippen LogP contribution in [0.5, 0.6) is 0 Å².